The van der Waals surface area contributed by atoms with E-state index in [1.807, 2.05) is 36.4 Å². The third kappa shape index (κ3) is 3.93. The summed E-state index contributed by atoms with van der Waals surface area (Å²) in [5.41, 5.74) is 2.15. The molecule has 2 atom stereocenters. The zero-order chi connectivity index (χ0) is 16.1. The third-order valence-electron chi connectivity index (χ3n) is 4.24. The van der Waals surface area contributed by atoms with Gasteiger partial charge in [0.1, 0.15) is 5.76 Å². The fraction of sp³-hybridized carbons (Fsp3) is 0.389. The van der Waals surface area contributed by atoms with E-state index in [1.165, 1.54) is 0 Å². The molecule has 1 aliphatic rings. The molecule has 0 spiro atoms. The fourth-order valence-corrected chi connectivity index (χ4v) is 3.08. The van der Waals surface area contributed by atoms with Crippen molar-refractivity contribution in [3.63, 3.8) is 0 Å². The van der Waals surface area contributed by atoms with E-state index >= 15 is 0 Å². The molecule has 122 valence electrons. The lowest BCUT2D eigenvalue weighted by Gasteiger charge is -2.24. The minimum absolute atomic E-state index is 0.0198. The van der Waals surface area contributed by atoms with Crippen molar-refractivity contribution in [1.82, 2.24) is 10.6 Å². The predicted molar refractivity (Wildman–Crippen MR) is 87.1 cm³/mol. The average molecular weight is 314 g/mol. The summed E-state index contributed by atoms with van der Waals surface area (Å²) < 4.78 is 5.44. The first kappa shape index (κ1) is 15.6. The maximum atomic E-state index is 12.2. The van der Waals surface area contributed by atoms with Gasteiger partial charge in [-0.1, -0.05) is 30.3 Å². The van der Waals surface area contributed by atoms with E-state index in [2.05, 4.69) is 10.6 Å². The Kier molecular flexibility index (Phi) is 4.98. The molecular weight excluding hydrogens is 292 g/mol. The molecule has 1 unspecified atom stereocenters. The summed E-state index contributed by atoms with van der Waals surface area (Å²) in [7, 11) is 0. The summed E-state index contributed by atoms with van der Waals surface area (Å²) in [6.07, 6.45) is 5.11. The van der Waals surface area contributed by atoms with Gasteiger partial charge in [-0.05, 0) is 30.9 Å². The quantitative estimate of drug-likeness (QED) is 0.794. The Labute approximate surface area is 135 Å². The number of amides is 2. The number of aliphatic hydroxyl groups excluding tert-OH is 1. The lowest BCUT2D eigenvalue weighted by atomic mass is 9.93. The second kappa shape index (κ2) is 7.33. The van der Waals surface area contributed by atoms with E-state index in [0.29, 0.717) is 6.42 Å². The number of aryl methyl sites for hydroxylation is 1. The van der Waals surface area contributed by atoms with Gasteiger partial charge in [0.25, 0.3) is 0 Å². The van der Waals surface area contributed by atoms with Crippen LogP contribution in [0.4, 0.5) is 4.79 Å². The van der Waals surface area contributed by atoms with Gasteiger partial charge in [-0.2, -0.15) is 0 Å². The van der Waals surface area contributed by atoms with Crippen LogP contribution in [0.25, 0.3) is 0 Å². The summed E-state index contributed by atoms with van der Waals surface area (Å²) >= 11 is 0. The van der Waals surface area contributed by atoms with Crippen LogP contribution >= 0.6 is 0 Å². The number of furan rings is 1. The number of fused-ring (bicyclic) bond motifs is 1. The van der Waals surface area contributed by atoms with Crippen molar-refractivity contribution in [3.8, 4) is 0 Å². The topological polar surface area (TPSA) is 74.5 Å². The number of carbonyl (C=O) groups is 1. The van der Waals surface area contributed by atoms with Gasteiger partial charge in [0.15, 0.2) is 0 Å². The van der Waals surface area contributed by atoms with Crippen LogP contribution in [-0.4, -0.2) is 23.8 Å². The molecule has 2 aromatic rings. The molecule has 0 aliphatic heterocycles. The fourth-order valence-electron chi connectivity index (χ4n) is 3.08. The molecule has 5 nitrogen and oxygen atoms in total. The summed E-state index contributed by atoms with van der Waals surface area (Å²) in [5, 5.41) is 15.4. The Balaban J connectivity index is 1.56. The summed E-state index contributed by atoms with van der Waals surface area (Å²) in [6.45, 7) is -0.0933. The van der Waals surface area contributed by atoms with Gasteiger partial charge in [0.2, 0.25) is 0 Å². The molecule has 23 heavy (non-hydrogen) atoms. The predicted octanol–water partition coefficient (Wildman–Crippen LogP) is 2.56. The number of benzene rings is 1. The number of carbonyl (C=O) groups excluding carboxylic acids is 1. The number of hydrogen-bond donors (Lipinski definition) is 3. The Morgan fingerprint density at radius 2 is 2.13 bits per heavy atom. The van der Waals surface area contributed by atoms with E-state index in [1.54, 1.807) is 6.26 Å². The smallest absolute Gasteiger partial charge is 0.315 e. The molecule has 1 aromatic carbocycles. The Bertz CT molecular complexity index is 639. The lowest BCUT2D eigenvalue weighted by Crippen LogP contribution is -2.46. The molecule has 1 heterocycles. The molecule has 1 aromatic heterocycles. The molecule has 1 aliphatic carbocycles. The highest BCUT2D eigenvalue weighted by atomic mass is 16.3. The van der Waals surface area contributed by atoms with Crippen molar-refractivity contribution in [2.45, 2.75) is 37.8 Å². The van der Waals surface area contributed by atoms with Crippen LogP contribution in [-0.2, 0) is 12.8 Å². The van der Waals surface area contributed by atoms with E-state index in [-0.39, 0.29) is 24.7 Å². The normalized spacial score (nSPS) is 18.0. The molecule has 3 N–H and O–H groups in total. The highest BCUT2D eigenvalue weighted by Crippen LogP contribution is 2.30. The van der Waals surface area contributed by atoms with Crippen molar-refractivity contribution in [2.24, 2.45) is 0 Å². The third-order valence-corrected chi connectivity index (χ3v) is 4.24. The van der Waals surface area contributed by atoms with E-state index in [9.17, 15) is 9.90 Å². The summed E-state index contributed by atoms with van der Waals surface area (Å²) in [5.74, 6) is 0.963. The Morgan fingerprint density at radius 3 is 2.91 bits per heavy atom. The molecular formula is C18H22N2O3. The van der Waals surface area contributed by atoms with Gasteiger partial charge >= 0.3 is 6.03 Å². The monoisotopic (exact) mass is 314 g/mol. The van der Waals surface area contributed by atoms with Crippen LogP contribution in [0.2, 0.25) is 0 Å². The molecule has 5 heteroatoms. The number of rotatable bonds is 5. The molecule has 0 saturated carbocycles. The number of aliphatic hydroxyl groups is 1. The van der Waals surface area contributed by atoms with Crippen LogP contribution in [0.15, 0.2) is 47.1 Å². The number of urea groups is 1. The van der Waals surface area contributed by atoms with Crippen LogP contribution < -0.4 is 10.6 Å². The maximum Gasteiger partial charge on any atom is 0.315 e. The Morgan fingerprint density at radius 1 is 1.30 bits per heavy atom. The van der Waals surface area contributed by atoms with Gasteiger partial charge in [0.05, 0.1) is 25.0 Å². The second-order valence-electron chi connectivity index (χ2n) is 5.93. The molecule has 0 fully saturated rings. The standard InChI is InChI=1S/C18H22N2O3/c21-12-14(11-13-5-2-1-3-6-13)19-18(22)20-16-7-4-8-17-15(16)9-10-23-17/h1-3,5-6,9-10,14,16,21H,4,7-8,11-12H2,(H2,19,20,22)/t14-,16?/m0/s1. The molecule has 0 bridgehead atoms. The summed E-state index contributed by atoms with van der Waals surface area (Å²) in [6, 6.07) is 11.2. The average Bonchev–Trinajstić information content (AvgIpc) is 3.05. The van der Waals surface area contributed by atoms with Gasteiger partial charge in [-0.3, -0.25) is 0 Å². The second-order valence-corrected chi connectivity index (χ2v) is 5.93. The summed E-state index contributed by atoms with van der Waals surface area (Å²) in [4.78, 5) is 12.2. The minimum Gasteiger partial charge on any atom is -0.469 e. The first-order valence-electron chi connectivity index (χ1n) is 8.04. The van der Waals surface area contributed by atoms with Crippen molar-refractivity contribution in [1.29, 1.82) is 0 Å². The maximum absolute atomic E-state index is 12.2. The highest BCUT2D eigenvalue weighted by molar-refractivity contribution is 5.75. The van der Waals surface area contributed by atoms with Gasteiger partial charge in [-0.25, -0.2) is 4.79 Å². The first-order valence-corrected chi connectivity index (χ1v) is 8.04. The van der Waals surface area contributed by atoms with Crippen LogP contribution in [0.3, 0.4) is 0 Å². The zero-order valence-electron chi connectivity index (χ0n) is 13.0. The van der Waals surface area contributed by atoms with Crippen LogP contribution in [0.1, 0.15) is 35.8 Å². The van der Waals surface area contributed by atoms with Crippen LogP contribution in [0, 0.1) is 0 Å². The molecule has 0 radical (unpaired) electrons. The van der Waals surface area contributed by atoms with Crippen LogP contribution in [0.5, 0.6) is 0 Å². The SMILES string of the molecule is O=C(NC1CCCc2occc21)N[C@H](CO)Cc1ccccc1. The number of nitrogens with one attached hydrogen (secondary N) is 2. The van der Waals surface area contributed by atoms with Crippen molar-refractivity contribution >= 4 is 6.03 Å². The molecule has 0 saturated heterocycles. The highest BCUT2D eigenvalue weighted by Gasteiger charge is 2.24. The Hall–Kier alpha value is -2.27. The first-order chi connectivity index (χ1) is 11.3. The van der Waals surface area contributed by atoms with Gasteiger partial charge in [-0.15, -0.1) is 0 Å². The van der Waals surface area contributed by atoms with E-state index in [4.69, 9.17) is 4.42 Å². The lowest BCUT2D eigenvalue weighted by molar-refractivity contribution is 0.212. The van der Waals surface area contributed by atoms with E-state index < -0.39 is 0 Å². The zero-order valence-corrected chi connectivity index (χ0v) is 13.0. The minimum atomic E-state index is -0.301. The van der Waals surface area contributed by atoms with Crippen molar-refractivity contribution in [2.75, 3.05) is 6.61 Å². The van der Waals surface area contributed by atoms with E-state index in [0.717, 1.165) is 36.1 Å². The van der Waals surface area contributed by atoms with Gasteiger partial charge < -0.3 is 20.2 Å². The molecule has 3 rings (SSSR count). The van der Waals surface area contributed by atoms with Crippen molar-refractivity contribution < 1.29 is 14.3 Å². The van der Waals surface area contributed by atoms with Crippen molar-refractivity contribution in [3.05, 3.63) is 59.5 Å². The largest absolute Gasteiger partial charge is 0.469 e. The van der Waals surface area contributed by atoms with Gasteiger partial charge in [0, 0.05) is 12.0 Å². The molecule has 2 amide bonds. The number of hydrogen-bond acceptors (Lipinski definition) is 3.